The maximum atomic E-state index is 5.14. The zero-order valence-electron chi connectivity index (χ0n) is 7.79. The van der Waals surface area contributed by atoms with Gasteiger partial charge in [0.2, 0.25) is 0 Å². The first-order chi connectivity index (χ1) is 6.27. The van der Waals surface area contributed by atoms with E-state index < -0.39 is 0 Å². The Labute approximate surface area is 84.5 Å². The molecule has 1 nitrogen and oxygen atoms in total. The number of benzene rings is 1. The van der Waals surface area contributed by atoms with E-state index in [1.165, 1.54) is 0 Å². The molecule has 0 amide bonds. The Hall–Kier alpha value is -1.07. The normalized spacial score (nSPS) is 8.85. The van der Waals surface area contributed by atoms with Gasteiger partial charge in [-0.2, -0.15) is 12.6 Å². The average molecular weight is 192 g/mol. The first-order valence-corrected chi connectivity index (χ1v) is 4.65. The van der Waals surface area contributed by atoms with Crippen LogP contribution in [0.15, 0.2) is 18.2 Å². The predicted octanol–water partition coefficient (Wildman–Crippen LogP) is 2.28. The molecule has 0 radical (unpaired) electrons. The lowest BCUT2D eigenvalue weighted by atomic mass is 10.1. The highest BCUT2D eigenvalue weighted by Crippen LogP contribution is 2.17. The van der Waals surface area contributed by atoms with Crippen LogP contribution in [0.5, 0.6) is 5.75 Å². The minimum Gasteiger partial charge on any atom is -0.496 e. The number of hydrogen-bond donors (Lipinski definition) is 1. The zero-order chi connectivity index (χ0) is 9.68. The fourth-order valence-corrected chi connectivity index (χ4v) is 1.18. The lowest BCUT2D eigenvalue weighted by molar-refractivity contribution is 0.411. The van der Waals surface area contributed by atoms with Crippen molar-refractivity contribution in [2.24, 2.45) is 0 Å². The number of rotatable bonds is 1. The van der Waals surface area contributed by atoms with Crippen molar-refractivity contribution in [2.45, 2.75) is 6.92 Å². The fraction of sp³-hybridized carbons (Fsp3) is 0.273. The molecule has 1 aromatic rings. The molecule has 0 saturated heterocycles. The van der Waals surface area contributed by atoms with Crippen molar-refractivity contribution >= 4 is 12.6 Å². The van der Waals surface area contributed by atoms with Crippen LogP contribution in [0.3, 0.4) is 0 Å². The van der Waals surface area contributed by atoms with Gasteiger partial charge in [-0.15, -0.1) is 0 Å². The highest BCUT2D eigenvalue weighted by molar-refractivity contribution is 7.80. The smallest absolute Gasteiger partial charge is 0.121 e. The van der Waals surface area contributed by atoms with Gasteiger partial charge >= 0.3 is 0 Å². The molecule has 0 spiro atoms. The molecule has 0 aliphatic carbocycles. The van der Waals surface area contributed by atoms with E-state index in [0.717, 1.165) is 16.9 Å². The van der Waals surface area contributed by atoms with Gasteiger partial charge in [0.05, 0.1) is 12.9 Å². The zero-order valence-corrected chi connectivity index (χ0v) is 8.69. The molecule has 0 aromatic heterocycles. The summed E-state index contributed by atoms with van der Waals surface area (Å²) in [5.41, 5.74) is 2.11. The topological polar surface area (TPSA) is 9.23 Å². The van der Waals surface area contributed by atoms with Crippen molar-refractivity contribution < 1.29 is 4.74 Å². The predicted molar refractivity (Wildman–Crippen MR) is 58.5 cm³/mol. The second-order valence-electron chi connectivity index (χ2n) is 2.64. The van der Waals surface area contributed by atoms with Crippen LogP contribution in [-0.4, -0.2) is 12.9 Å². The summed E-state index contributed by atoms with van der Waals surface area (Å²) in [5.74, 6) is 7.39. The van der Waals surface area contributed by atoms with E-state index in [4.69, 9.17) is 4.74 Å². The molecule has 0 saturated carbocycles. The summed E-state index contributed by atoms with van der Waals surface area (Å²) in [7, 11) is 1.67. The summed E-state index contributed by atoms with van der Waals surface area (Å²) < 4.78 is 5.14. The van der Waals surface area contributed by atoms with Gasteiger partial charge in [0, 0.05) is 5.56 Å². The van der Waals surface area contributed by atoms with Crippen LogP contribution in [0, 0.1) is 18.8 Å². The molecule has 68 valence electrons. The van der Waals surface area contributed by atoms with Crippen LogP contribution >= 0.6 is 12.6 Å². The Kier molecular flexibility index (Phi) is 3.72. The summed E-state index contributed by atoms with van der Waals surface area (Å²) in [6.45, 7) is 2.00. The van der Waals surface area contributed by atoms with Crippen LogP contribution in [0.25, 0.3) is 0 Å². The highest BCUT2D eigenvalue weighted by Gasteiger charge is 1.96. The lowest BCUT2D eigenvalue weighted by Crippen LogP contribution is -1.87. The van der Waals surface area contributed by atoms with Gasteiger partial charge in [-0.05, 0) is 30.7 Å². The molecule has 2 heteroatoms. The number of aryl methyl sites for hydroxylation is 1. The fourth-order valence-electron chi connectivity index (χ4n) is 1.10. The molecule has 1 aromatic carbocycles. The van der Waals surface area contributed by atoms with Crippen LogP contribution in [0.2, 0.25) is 0 Å². The molecule has 0 atom stereocenters. The SMILES string of the molecule is COc1ccc(C#CCS)cc1C. The number of hydrogen-bond acceptors (Lipinski definition) is 2. The Morgan fingerprint density at radius 2 is 2.23 bits per heavy atom. The Morgan fingerprint density at radius 3 is 2.77 bits per heavy atom. The summed E-state index contributed by atoms with van der Waals surface area (Å²) >= 11 is 4.02. The quantitative estimate of drug-likeness (QED) is 0.530. The van der Waals surface area contributed by atoms with E-state index >= 15 is 0 Å². The van der Waals surface area contributed by atoms with Crippen LogP contribution in [0.1, 0.15) is 11.1 Å². The third-order valence-electron chi connectivity index (χ3n) is 1.71. The largest absolute Gasteiger partial charge is 0.496 e. The first-order valence-electron chi connectivity index (χ1n) is 4.02. The van der Waals surface area contributed by atoms with E-state index in [1.807, 2.05) is 25.1 Å². The molecule has 0 aliphatic heterocycles. The molecule has 1 rings (SSSR count). The van der Waals surface area contributed by atoms with E-state index in [2.05, 4.69) is 24.5 Å². The third kappa shape index (κ3) is 2.71. The summed E-state index contributed by atoms with van der Waals surface area (Å²) in [6, 6.07) is 5.88. The Morgan fingerprint density at radius 1 is 1.46 bits per heavy atom. The van der Waals surface area contributed by atoms with E-state index in [9.17, 15) is 0 Å². The molecule has 0 N–H and O–H groups in total. The lowest BCUT2D eigenvalue weighted by Gasteiger charge is -2.03. The molecule has 0 heterocycles. The Bertz CT molecular complexity index is 347. The van der Waals surface area contributed by atoms with Gasteiger partial charge in [0.25, 0.3) is 0 Å². The summed E-state index contributed by atoms with van der Waals surface area (Å²) in [6.07, 6.45) is 0. The molecule has 0 unspecified atom stereocenters. The third-order valence-corrected chi connectivity index (χ3v) is 1.86. The molecule has 0 fully saturated rings. The van der Waals surface area contributed by atoms with E-state index in [1.54, 1.807) is 7.11 Å². The Balaban J connectivity index is 2.96. The van der Waals surface area contributed by atoms with Gasteiger partial charge in [-0.25, -0.2) is 0 Å². The number of thiol groups is 1. The van der Waals surface area contributed by atoms with Crippen molar-refractivity contribution in [1.29, 1.82) is 0 Å². The summed E-state index contributed by atoms with van der Waals surface area (Å²) in [4.78, 5) is 0. The first kappa shape index (κ1) is 10.0. The average Bonchev–Trinajstić information content (AvgIpc) is 2.15. The van der Waals surface area contributed by atoms with Gasteiger partial charge in [-0.1, -0.05) is 11.8 Å². The van der Waals surface area contributed by atoms with Gasteiger partial charge in [-0.3, -0.25) is 0 Å². The van der Waals surface area contributed by atoms with Crippen molar-refractivity contribution in [2.75, 3.05) is 12.9 Å². The number of methoxy groups -OCH3 is 1. The van der Waals surface area contributed by atoms with Crippen molar-refractivity contribution in [1.82, 2.24) is 0 Å². The van der Waals surface area contributed by atoms with Crippen molar-refractivity contribution in [3.05, 3.63) is 29.3 Å². The molecule has 0 bridgehead atoms. The maximum absolute atomic E-state index is 5.14. The monoisotopic (exact) mass is 192 g/mol. The molecular weight excluding hydrogens is 180 g/mol. The standard InChI is InChI=1S/C11H12OS/c1-9-8-10(4-3-7-13)5-6-11(9)12-2/h5-6,8,13H,7H2,1-2H3. The van der Waals surface area contributed by atoms with Crippen LogP contribution < -0.4 is 4.74 Å². The van der Waals surface area contributed by atoms with Gasteiger partial charge in [0.15, 0.2) is 0 Å². The van der Waals surface area contributed by atoms with Crippen LogP contribution in [0.4, 0.5) is 0 Å². The minimum absolute atomic E-state index is 0.588. The maximum Gasteiger partial charge on any atom is 0.121 e. The number of ether oxygens (including phenoxy) is 1. The summed E-state index contributed by atoms with van der Waals surface area (Å²) in [5, 5.41) is 0. The molecular formula is C11H12OS. The van der Waals surface area contributed by atoms with Gasteiger partial charge in [0.1, 0.15) is 5.75 Å². The molecule has 13 heavy (non-hydrogen) atoms. The second kappa shape index (κ2) is 4.84. The molecule has 0 aliphatic rings. The van der Waals surface area contributed by atoms with Gasteiger partial charge < -0.3 is 4.74 Å². The van der Waals surface area contributed by atoms with Crippen molar-refractivity contribution in [3.8, 4) is 17.6 Å². The second-order valence-corrected chi connectivity index (χ2v) is 2.96. The highest BCUT2D eigenvalue weighted by atomic mass is 32.1. The van der Waals surface area contributed by atoms with Crippen LogP contribution in [-0.2, 0) is 0 Å². The van der Waals surface area contributed by atoms with E-state index in [0.29, 0.717) is 5.75 Å². The minimum atomic E-state index is 0.588. The van der Waals surface area contributed by atoms with Crippen molar-refractivity contribution in [3.63, 3.8) is 0 Å². The van der Waals surface area contributed by atoms with E-state index in [-0.39, 0.29) is 0 Å².